The number of rotatable bonds is 5. The molecule has 92 valence electrons. The predicted octanol–water partition coefficient (Wildman–Crippen LogP) is 3.54. The Morgan fingerprint density at radius 1 is 1.35 bits per heavy atom. The molecule has 17 heavy (non-hydrogen) atoms. The van der Waals surface area contributed by atoms with Crippen LogP contribution in [0.15, 0.2) is 17.5 Å². The third-order valence-corrected chi connectivity index (χ3v) is 4.45. The number of aromatic nitrogens is 1. The lowest BCUT2D eigenvalue weighted by atomic mass is 10.2. The number of thiophene rings is 1. The molecule has 0 fully saturated rings. The zero-order chi connectivity index (χ0) is 12.3. The summed E-state index contributed by atoms with van der Waals surface area (Å²) in [5.41, 5.74) is 1.15. The summed E-state index contributed by atoms with van der Waals surface area (Å²) in [6.45, 7) is 7.31. The van der Waals surface area contributed by atoms with Crippen LogP contribution in [0.3, 0.4) is 0 Å². The van der Waals surface area contributed by atoms with Crippen LogP contribution < -0.4 is 5.32 Å². The van der Waals surface area contributed by atoms with Crippen LogP contribution in [0.2, 0.25) is 0 Å². The average Bonchev–Trinajstić information content (AvgIpc) is 2.85. The Morgan fingerprint density at radius 2 is 2.18 bits per heavy atom. The van der Waals surface area contributed by atoms with E-state index in [-0.39, 0.29) is 0 Å². The van der Waals surface area contributed by atoms with Crippen molar-refractivity contribution < 1.29 is 0 Å². The fourth-order valence-corrected chi connectivity index (χ4v) is 3.37. The fraction of sp³-hybridized carbons (Fsp3) is 0.462. The molecular weight excluding hydrogens is 248 g/mol. The van der Waals surface area contributed by atoms with E-state index in [9.17, 15) is 0 Å². The second-order valence-corrected chi connectivity index (χ2v) is 6.79. The van der Waals surface area contributed by atoms with Crippen LogP contribution in [-0.2, 0) is 13.0 Å². The second-order valence-electron chi connectivity index (χ2n) is 4.36. The number of thiazole rings is 1. The Kier molecular flexibility index (Phi) is 4.31. The standard InChI is InChI=1S/C13H18N2S2/c1-9(6-13-5-4-10(2)17-13)14-7-12-8-16-11(3)15-12/h4-5,8-9,14H,6-7H2,1-3H3. The summed E-state index contributed by atoms with van der Waals surface area (Å²) >= 11 is 3.60. The van der Waals surface area contributed by atoms with Crippen LogP contribution in [0.5, 0.6) is 0 Å². The quantitative estimate of drug-likeness (QED) is 0.895. The molecule has 0 aliphatic heterocycles. The van der Waals surface area contributed by atoms with Gasteiger partial charge in [-0.3, -0.25) is 0 Å². The molecule has 0 radical (unpaired) electrons. The van der Waals surface area contributed by atoms with Gasteiger partial charge < -0.3 is 5.32 Å². The van der Waals surface area contributed by atoms with E-state index in [1.165, 1.54) is 9.75 Å². The second kappa shape index (κ2) is 5.76. The first-order chi connectivity index (χ1) is 8.13. The summed E-state index contributed by atoms with van der Waals surface area (Å²) < 4.78 is 0. The maximum Gasteiger partial charge on any atom is 0.0897 e. The Labute approximate surface area is 111 Å². The summed E-state index contributed by atoms with van der Waals surface area (Å²) in [5, 5.41) is 6.79. The Morgan fingerprint density at radius 3 is 2.76 bits per heavy atom. The highest BCUT2D eigenvalue weighted by atomic mass is 32.1. The van der Waals surface area contributed by atoms with E-state index in [2.05, 4.69) is 41.7 Å². The molecule has 0 aliphatic rings. The molecule has 2 aromatic rings. The monoisotopic (exact) mass is 266 g/mol. The lowest BCUT2D eigenvalue weighted by Gasteiger charge is -2.11. The molecular formula is C13H18N2S2. The van der Waals surface area contributed by atoms with Crippen molar-refractivity contribution in [2.24, 2.45) is 0 Å². The molecule has 1 N–H and O–H groups in total. The third kappa shape index (κ3) is 3.91. The maximum atomic E-state index is 4.45. The zero-order valence-electron chi connectivity index (χ0n) is 10.5. The van der Waals surface area contributed by atoms with Gasteiger partial charge in [-0.2, -0.15) is 0 Å². The van der Waals surface area contributed by atoms with Crippen molar-refractivity contribution >= 4 is 22.7 Å². The number of aryl methyl sites for hydroxylation is 2. The van der Waals surface area contributed by atoms with E-state index in [0.29, 0.717) is 6.04 Å². The lowest BCUT2D eigenvalue weighted by Crippen LogP contribution is -2.27. The van der Waals surface area contributed by atoms with Crippen molar-refractivity contribution in [3.05, 3.63) is 38.0 Å². The smallest absolute Gasteiger partial charge is 0.0897 e. The van der Waals surface area contributed by atoms with Gasteiger partial charge in [0.25, 0.3) is 0 Å². The van der Waals surface area contributed by atoms with E-state index in [1.54, 1.807) is 11.3 Å². The topological polar surface area (TPSA) is 24.9 Å². The van der Waals surface area contributed by atoms with Crippen LogP contribution in [0, 0.1) is 13.8 Å². The molecule has 2 rings (SSSR count). The van der Waals surface area contributed by atoms with E-state index < -0.39 is 0 Å². The predicted molar refractivity (Wildman–Crippen MR) is 75.9 cm³/mol. The number of hydrogen-bond acceptors (Lipinski definition) is 4. The molecule has 0 aliphatic carbocycles. The van der Waals surface area contributed by atoms with Crippen molar-refractivity contribution in [2.75, 3.05) is 0 Å². The van der Waals surface area contributed by atoms with Crippen LogP contribution in [0.25, 0.3) is 0 Å². The Balaban J connectivity index is 1.79. The van der Waals surface area contributed by atoms with E-state index in [0.717, 1.165) is 23.7 Å². The minimum atomic E-state index is 0.495. The first kappa shape index (κ1) is 12.7. The first-order valence-electron chi connectivity index (χ1n) is 5.83. The molecule has 0 bridgehead atoms. The molecule has 1 unspecified atom stereocenters. The highest BCUT2D eigenvalue weighted by Gasteiger charge is 2.06. The van der Waals surface area contributed by atoms with Gasteiger partial charge in [-0.15, -0.1) is 22.7 Å². The van der Waals surface area contributed by atoms with Crippen molar-refractivity contribution in [3.8, 4) is 0 Å². The molecule has 0 spiro atoms. The zero-order valence-corrected chi connectivity index (χ0v) is 12.1. The maximum absolute atomic E-state index is 4.45. The normalized spacial score (nSPS) is 12.9. The third-order valence-electron chi connectivity index (χ3n) is 2.60. The molecule has 1 atom stereocenters. The minimum absolute atomic E-state index is 0.495. The van der Waals surface area contributed by atoms with Gasteiger partial charge in [-0.25, -0.2) is 4.98 Å². The van der Waals surface area contributed by atoms with Crippen LogP contribution in [-0.4, -0.2) is 11.0 Å². The molecule has 0 aromatic carbocycles. The number of nitrogens with zero attached hydrogens (tertiary/aromatic N) is 1. The number of nitrogens with one attached hydrogen (secondary N) is 1. The van der Waals surface area contributed by atoms with Gasteiger partial charge in [0.2, 0.25) is 0 Å². The molecule has 0 saturated heterocycles. The Hall–Kier alpha value is -0.710. The molecule has 4 heteroatoms. The van der Waals surface area contributed by atoms with Gasteiger partial charge in [-0.05, 0) is 39.3 Å². The van der Waals surface area contributed by atoms with Crippen molar-refractivity contribution in [1.82, 2.24) is 10.3 Å². The SMILES string of the molecule is Cc1ccc(CC(C)NCc2csc(C)n2)s1. The summed E-state index contributed by atoms with van der Waals surface area (Å²) in [6, 6.07) is 4.91. The molecule has 0 saturated carbocycles. The highest BCUT2D eigenvalue weighted by Crippen LogP contribution is 2.17. The van der Waals surface area contributed by atoms with E-state index in [4.69, 9.17) is 0 Å². The van der Waals surface area contributed by atoms with Crippen LogP contribution in [0.1, 0.15) is 27.4 Å². The molecule has 2 nitrogen and oxygen atoms in total. The van der Waals surface area contributed by atoms with Gasteiger partial charge in [0.05, 0.1) is 10.7 Å². The van der Waals surface area contributed by atoms with Gasteiger partial charge >= 0.3 is 0 Å². The van der Waals surface area contributed by atoms with E-state index in [1.807, 2.05) is 18.3 Å². The van der Waals surface area contributed by atoms with Gasteiger partial charge in [0, 0.05) is 27.7 Å². The van der Waals surface area contributed by atoms with Crippen molar-refractivity contribution in [2.45, 2.75) is 39.8 Å². The van der Waals surface area contributed by atoms with Gasteiger partial charge in [0.15, 0.2) is 0 Å². The van der Waals surface area contributed by atoms with Crippen molar-refractivity contribution in [1.29, 1.82) is 0 Å². The average molecular weight is 266 g/mol. The van der Waals surface area contributed by atoms with Crippen LogP contribution >= 0.6 is 22.7 Å². The summed E-state index contributed by atoms with van der Waals surface area (Å²) in [7, 11) is 0. The summed E-state index contributed by atoms with van der Waals surface area (Å²) in [5.74, 6) is 0. The Bertz CT molecular complexity index is 473. The largest absolute Gasteiger partial charge is 0.308 e. The van der Waals surface area contributed by atoms with Gasteiger partial charge in [0.1, 0.15) is 0 Å². The minimum Gasteiger partial charge on any atom is -0.308 e. The van der Waals surface area contributed by atoms with Crippen LogP contribution in [0.4, 0.5) is 0 Å². The molecule has 2 heterocycles. The van der Waals surface area contributed by atoms with Gasteiger partial charge in [-0.1, -0.05) is 0 Å². The fourth-order valence-electron chi connectivity index (χ4n) is 1.74. The summed E-state index contributed by atoms with van der Waals surface area (Å²) in [4.78, 5) is 7.30. The van der Waals surface area contributed by atoms with E-state index >= 15 is 0 Å². The summed E-state index contributed by atoms with van der Waals surface area (Å²) in [6.07, 6.45) is 1.10. The number of hydrogen-bond donors (Lipinski definition) is 1. The molecule has 0 amide bonds. The lowest BCUT2D eigenvalue weighted by molar-refractivity contribution is 0.544. The first-order valence-corrected chi connectivity index (χ1v) is 7.53. The molecule has 2 aromatic heterocycles. The van der Waals surface area contributed by atoms with Crippen molar-refractivity contribution in [3.63, 3.8) is 0 Å². The highest BCUT2D eigenvalue weighted by molar-refractivity contribution is 7.11.